The number of nitrogens with one attached hydrogen (secondary N) is 1. The first-order valence-corrected chi connectivity index (χ1v) is 9.38. The number of rotatable bonds is 6. The maximum absolute atomic E-state index is 12.5. The molecule has 7 heteroatoms. The molecular formula is C21H28N2O5. The Bertz CT molecular complexity index is 776. The number of nitrogens with zero attached hydrogens (tertiary/aromatic N) is 1. The van der Waals surface area contributed by atoms with Crippen molar-refractivity contribution in [2.75, 3.05) is 7.11 Å². The minimum Gasteiger partial charge on any atom is -0.496 e. The number of carbonyl (C=O) groups excluding carboxylic acids is 2. The average Bonchev–Trinajstić information content (AvgIpc) is 3.01. The van der Waals surface area contributed by atoms with Crippen molar-refractivity contribution in [3.63, 3.8) is 0 Å². The van der Waals surface area contributed by atoms with Crippen molar-refractivity contribution in [3.8, 4) is 17.6 Å². The number of hydrogen-bond donors (Lipinski definition) is 1. The van der Waals surface area contributed by atoms with Gasteiger partial charge >= 0.3 is 6.09 Å². The van der Waals surface area contributed by atoms with E-state index in [-0.39, 0.29) is 24.3 Å². The van der Waals surface area contributed by atoms with Gasteiger partial charge in [0.15, 0.2) is 5.78 Å². The third-order valence-corrected chi connectivity index (χ3v) is 4.44. The maximum atomic E-state index is 12.5. The molecule has 1 amide bonds. The highest BCUT2D eigenvalue weighted by atomic mass is 16.6. The number of Topliss-reactive ketones (excluding diaryl/α,β-unsaturated/α-hetero) is 1. The van der Waals surface area contributed by atoms with Crippen molar-refractivity contribution >= 4 is 11.9 Å². The second kappa shape index (κ2) is 8.96. The van der Waals surface area contributed by atoms with E-state index in [4.69, 9.17) is 19.5 Å². The van der Waals surface area contributed by atoms with Crippen molar-refractivity contribution in [1.29, 1.82) is 5.26 Å². The van der Waals surface area contributed by atoms with Crippen molar-refractivity contribution in [1.82, 2.24) is 5.32 Å². The zero-order valence-electron chi connectivity index (χ0n) is 17.1. The molecule has 0 aromatic heterocycles. The van der Waals surface area contributed by atoms with Gasteiger partial charge in [0.25, 0.3) is 0 Å². The second-order valence-electron chi connectivity index (χ2n) is 7.94. The normalized spacial score (nSPS) is 18.9. The number of hydrogen-bond acceptors (Lipinski definition) is 6. The molecule has 0 aliphatic heterocycles. The van der Waals surface area contributed by atoms with Crippen LogP contribution in [0.1, 0.15) is 62.4 Å². The first-order valence-electron chi connectivity index (χ1n) is 9.38. The summed E-state index contributed by atoms with van der Waals surface area (Å²) in [5, 5.41) is 11.8. The third-order valence-electron chi connectivity index (χ3n) is 4.44. The van der Waals surface area contributed by atoms with Gasteiger partial charge in [0.05, 0.1) is 19.6 Å². The van der Waals surface area contributed by atoms with Crippen molar-refractivity contribution in [2.45, 2.75) is 71.1 Å². The number of aryl methyl sites for hydroxylation is 1. The van der Waals surface area contributed by atoms with E-state index in [0.717, 1.165) is 18.4 Å². The minimum atomic E-state index is -0.549. The Labute approximate surface area is 166 Å². The van der Waals surface area contributed by atoms with E-state index >= 15 is 0 Å². The molecule has 2 rings (SSSR count). The molecule has 0 radical (unpaired) electrons. The smallest absolute Gasteiger partial charge is 0.407 e. The van der Waals surface area contributed by atoms with Gasteiger partial charge in [0.2, 0.25) is 0 Å². The van der Waals surface area contributed by atoms with Crippen LogP contribution < -0.4 is 14.8 Å². The lowest BCUT2D eigenvalue weighted by Crippen LogP contribution is -2.38. The Balaban J connectivity index is 2.09. The number of benzene rings is 1. The molecule has 2 atom stereocenters. The van der Waals surface area contributed by atoms with Gasteiger partial charge in [0.1, 0.15) is 28.8 Å². The van der Waals surface area contributed by atoms with Crippen LogP contribution in [-0.4, -0.2) is 36.7 Å². The van der Waals surface area contributed by atoms with Crippen molar-refractivity contribution < 1.29 is 23.8 Å². The molecule has 0 bridgehead atoms. The lowest BCUT2D eigenvalue weighted by molar-refractivity contribution is 0.0503. The standard InChI is InChI=1S/C21H28N2O5/c1-13-6-9-17(18(19(13)26-5)16(24)10-11-22)27-15-8-7-14(12-15)23-20(25)28-21(2,3)4/h6,9,14-15H,7-8,10,12H2,1-5H3,(H,23,25)/t14-,15+/m0/s1. The van der Waals surface area contributed by atoms with Crippen LogP contribution in [0.5, 0.6) is 11.5 Å². The van der Waals surface area contributed by atoms with Crippen LogP contribution in [0, 0.1) is 18.3 Å². The molecule has 1 aromatic rings. The lowest BCUT2D eigenvalue weighted by atomic mass is 10.0. The van der Waals surface area contributed by atoms with Gasteiger partial charge in [-0.15, -0.1) is 0 Å². The Morgan fingerprint density at radius 2 is 2.00 bits per heavy atom. The highest BCUT2D eigenvalue weighted by Gasteiger charge is 2.30. The van der Waals surface area contributed by atoms with Crippen LogP contribution >= 0.6 is 0 Å². The number of alkyl carbamates (subject to hydrolysis) is 1. The molecule has 1 fully saturated rings. The molecule has 1 saturated carbocycles. The number of ketones is 1. The van der Waals surface area contributed by atoms with E-state index in [1.165, 1.54) is 7.11 Å². The summed E-state index contributed by atoms with van der Waals surface area (Å²) in [6.45, 7) is 7.29. The molecule has 152 valence electrons. The molecule has 1 aromatic carbocycles. The summed E-state index contributed by atoms with van der Waals surface area (Å²) >= 11 is 0. The summed E-state index contributed by atoms with van der Waals surface area (Å²) in [5.74, 6) is 0.504. The molecule has 0 unspecified atom stereocenters. The van der Waals surface area contributed by atoms with Crippen LogP contribution in [0.25, 0.3) is 0 Å². The highest BCUT2D eigenvalue weighted by Crippen LogP contribution is 2.35. The summed E-state index contributed by atoms with van der Waals surface area (Å²) in [4.78, 5) is 24.4. The van der Waals surface area contributed by atoms with Crippen LogP contribution in [0.3, 0.4) is 0 Å². The maximum Gasteiger partial charge on any atom is 0.407 e. The van der Waals surface area contributed by atoms with Crippen LogP contribution in [-0.2, 0) is 4.74 Å². The molecule has 1 aliphatic carbocycles. The first kappa shape index (κ1) is 21.5. The zero-order valence-corrected chi connectivity index (χ0v) is 17.1. The first-order chi connectivity index (χ1) is 13.1. The monoisotopic (exact) mass is 388 g/mol. The number of nitriles is 1. The number of methoxy groups -OCH3 is 1. The lowest BCUT2D eigenvalue weighted by Gasteiger charge is -2.22. The molecular weight excluding hydrogens is 360 g/mol. The minimum absolute atomic E-state index is 0.0505. The van der Waals surface area contributed by atoms with Crippen molar-refractivity contribution in [2.24, 2.45) is 0 Å². The molecule has 0 heterocycles. The molecule has 1 N–H and O–H groups in total. The fourth-order valence-corrected chi connectivity index (χ4v) is 3.29. The number of carbonyl (C=O) groups is 2. The summed E-state index contributed by atoms with van der Waals surface area (Å²) in [5.41, 5.74) is 0.548. The Kier molecular flexibility index (Phi) is 6.90. The Morgan fingerprint density at radius 3 is 2.61 bits per heavy atom. The van der Waals surface area contributed by atoms with Crippen LogP contribution in [0.4, 0.5) is 4.79 Å². The van der Waals surface area contributed by atoms with E-state index in [1.807, 2.05) is 39.8 Å². The third kappa shape index (κ3) is 5.62. The molecule has 1 aliphatic rings. The predicted molar refractivity (Wildman–Crippen MR) is 104 cm³/mol. The molecule has 28 heavy (non-hydrogen) atoms. The van der Waals surface area contributed by atoms with Crippen LogP contribution in [0.2, 0.25) is 0 Å². The summed E-state index contributed by atoms with van der Waals surface area (Å²) < 4.78 is 16.8. The van der Waals surface area contributed by atoms with Gasteiger partial charge in [-0.1, -0.05) is 6.07 Å². The van der Waals surface area contributed by atoms with Gasteiger partial charge in [0, 0.05) is 12.5 Å². The summed E-state index contributed by atoms with van der Waals surface area (Å²) in [7, 11) is 1.49. The topological polar surface area (TPSA) is 97.7 Å². The van der Waals surface area contributed by atoms with Gasteiger partial charge in [-0.05, 0) is 52.2 Å². The number of amides is 1. The van der Waals surface area contributed by atoms with Gasteiger partial charge in [-0.25, -0.2) is 4.79 Å². The molecule has 7 nitrogen and oxygen atoms in total. The SMILES string of the molecule is COc1c(C)ccc(O[C@@H]2CC[C@H](NC(=O)OC(C)(C)C)C2)c1C(=O)CC#N. The van der Waals surface area contributed by atoms with E-state index in [2.05, 4.69) is 5.32 Å². The largest absolute Gasteiger partial charge is 0.496 e. The van der Waals surface area contributed by atoms with E-state index in [0.29, 0.717) is 23.5 Å². The molecule has 0 saturated heterocycles. The van der Waals surface area contributed by atoms with Gasteiger partial charge in [-0.2, -0.15) is 5.26 Å². The fraction of sp³-hybridized carbons (Fsp3) is 0.571. The highest BCUT2D eigenvalue weighted by molar-refractivity contribution is 6.02. The fourth-order valence-electron chi connectivity index (χ4n) is 3.29. The molecule has 0 spiro atoms. The predicted octanol–water partition coefficient (Wildman–Crippen LogP) is 3.92. The summed E-state index contributed by atoms with van der Waals surface area (Å²) in [6.07, 6.45) is 1.27. The quantitative estimate of drug-likeness (QED) is 0.742. The Hall–Kier alpha value is -2.75. The van der Waals surface area contributed by atoms with Crippen molar-refractivity contribution in [3.05, 3.63) is 23.3 Å². The van der Waals surface area contributed by atoms with Gasteiger partial charge in [-0.3, -0.25) is 4.79 Å². The van der Waals surface area contributed by atoms with Crippen LogP contribution in [0.15, 0.2) is 12.1 Å². The van der Waals surface area contributed by atoms with E-state index in [1.54, 1.807) is 6.07 Å². The van der Waals surface area contributed by atoms with E-state index < -0.39 is 11.7 Å². The van der Waals surface area contributed by atoms with Gasteiger partial charge < -0.3 is 19.5 Å². The zero-order chi connectivity index (χ0) is 20.9. The number of ether oxygens (including phenoxy) is 3. The van der Waals surface area contributed by atoms with E-state index in [9.17, 15) is 9.59 Å². The Morgan fingerprint density at radius 1 is 1.29 bits per heavy atom. The average molecular weight is 388 g/mol. The second-order valence-corrected chi connectivity index (χ2v) is 7.94. The summed E-state index contributed by atoms with van der Waals surface area (Å²) in [6, 6.07) is 5.39.